The molecule has 3 N–H and O–H groups in total. The van der Waals surface area contributed by atoms with Gasteiger partial charge in [0.25, 0.3) is 0 Å². The van der Waals surface area contributed by atoms with Crippen molar-refractivity contribution in [2.45, 2.75) is 12.5 Å². The normalized spacial score (nSPS) is 11.9. The highest BCUT2D eigenvalue weighted by molar-refractivity contribution is 14.1. The highest BCUT2D eigenvalue weighted by Gasteiger charge is 2.11. The first-order chi connectivity index (χ1) is 9.54. The molecule has 1 heterocycles. The average Bonchev–Trinajstić information content (AvgIpc) is 2.43. The second-order valence-electron chi connectivity index (χ2n) is 4.21. The summed E-state index contributed by atoms with van der Waals surface area (Å²) in [7, 11) is 0. The number of hydrogen-bond donors (Lipinski definition) is 2. The monoisotopic (exact) mass is 384 g/mol. The third-order valence-electron chi connectivity index (χ3n) is 2.62. The van der Waals surface area contributed by atoms with Gasteiger partial charge in [-0.05, 0) is 52.8 Å². The van der Waals surface area contributed by atoms with E-state index < -0.39 is 12.0 Å². The largest absolute Gasteiger partial charge is 0.480 e. The van der Waals surface area contributed by atoms with Crippen LogP contribution in [0.5, 0.6) is 11.6 Å². The van der Waals surface area contributed by atoms with Gasteiger partial charge in [-0.2, -0.15) is 0 Å². The smallest absolute Gasteiger partial charge is 0.320 e. The zero-order valence-corrected chi connectivity index (χ0v) is 12.6. The van der Waals surface area contributed by atoms with Gasteiger partial charge in [0.2, 0.25) is 5.88 Å². The average molecular weight is 384 g/mol. The van der Waals surface area contributed by atoms with Gasteiger partial charge in [0.15, 0.2) is 0 Å². The zero-order valence-electron chi connectivity index (χ0n) is 10.5. The van der Waals surface area contributed by atoms with Crippen molar-refractivity contribution in [2.75, 3.05) is 0 Å². The Bertz CT molecular complexity index is 584. The number of hydrogen-bond acceptors (Lipinski definition) is 4. The number of nitrogens with zero attached hydrogens (tertiary/aromatic N) is 1. The molecule has 0 aliphatic rings. The predicted molar refractivity (Wildman–Crippen MR) is 82.8 cm³/mol. The van der Waals surface area contributed by atoms with Crippen molar-refractivity contribution in [3.63, 3.8) is 0 Å². The molecule has 0 bridgehead atoms. The summed E-state index contributed by atoms with van der Waals surface area (Å²) in [5.74, 6) is 0.153. The molecule has 0 spiro atoms. The van der Waals surface area contributed by atoms with E-state index in [2.05, 4.69) is 27.6 Å². The van der Waals surface area contributed by atoms with Crippen molar-refractivity contribution in [3.05, 3.63) is 51.7 Å². The molecule has 1 unspecified atom stereocenters. The van der Waals surface area contributed by atoms with Crippen LogP contribution in [0, 0.1) is 3.57 Å². The first-order valence-electron chi connectivity index (χ1n) is 5.91. The van der Waals surface area contributed by atoms with Crippen LogP contribution >= 0.6 is 22.6 Å². The lowest BCUT2D eigenvalue weighted by Gasteiger charge is -2.08. The van der Waals surface area contributed by atoms with Crippen LogP contribution in [-0.4, -0.2) is 22.1 Å². The maximum atomic E-state index is 10.7. The van der Waals surface area contributed by atoms with Gasteiger partial charge in [-0.3, -0.25) is 4.79 Å². The van der Waals surface area contributed by atoms with Gasteiger partial charge in [0.1, 0.15) is 11.8 Å². The van der Waals surface area contributed by atoms with E-state index in [1.807, 2.05) is 6.07 Å². The third kappa shape index (κ3) is 4.17. The van der Waals surface area contributed by atoms with Gasteiger partial charge >= 0.3 is 5.97 Å². The fourth-order valence-corrected chi connectivity index (χ4v) is 1.90. The summed E-state index contributed by atoms with van der Waals surface area (Å²) in [4.78, 5) is 14.8. The SMILES string of the molecule is NC(Cc1ccc(Oc2ccc(I)cn2)cc1)C(=O)O. The van der Waals surface area contributed by atoms with Crippen molar-refractivity contribution in [2.24, 2.45) is 5.73 Å². The quantitative estimate of drug-likeness (QED) is 0.774. The molecule has 1 atom stereocenters. The third-order valence-corrected chi connectivity index (χ3v) is 3.26. The molecule has 0 saturated carbocycles. The molecule has 2 aromatic rings. The highest BCUT2D eigenvalue weighted by Crippen LogP contribution is 2.20. The van der Waals surface area contributed by atoms with E-state index in [1.54, 1.807) is 36.5 Å². The Labute approximate surface area is 129 Å². The van der Waals surface area contributed by atoms with Crippen molar-refractivity contribution in [1.82, 2.24) is 4.98 Å². The minimum absolute atomic E-state index is 0.289. The number of carbonyl (C=O) groups is 1. The van der Waals surface area contributed by atoms with Gasteiger partial charge in [0.05, 0.1) is 0 Å². The second-order valence-corrected chi connectivity index (χ2v) is 5.46. The van der Waals surface area contributed by atoms with Gasteiger partial charge in [-0.15, -0.1) is 0 Å². The topological polar surface area (TPSA) is 85.4 Å². The predicted octanol–water partition coefficient (Wildman–Crippen LogP) is 2.43. The molecule has 2 rings (SSSR count). The Hall–Kier alpha value is -1.67. The number of nitrogens with two attached hydrogens (primary N) is 1. The fourth-order valence-electron chi connectivity index (χ4n) is 1.58. The van der Waals surface area contributed by atoms with Crippen LogP contribution < -0.4 is 10.5 Å². The summed E-state index contributed by atoms with van der Waals surface area (Å²) in [6, 6.07) is 9.93. The van der Waals surface area contributed by atoms with Crippen LogP contribution in [0.1, 0.15) is 5.56 Å². The number of pyridine rings is 1. The van der Waals surface area contributed by atoms with Crippen molar-refractivity contribution in [1.29, 1.82) is 0 Å². The summed E-state index contributed by atoms with van der Waals surface area (Å²) in [5.41, 5.74) is 6.33. The minimum atomic E-state index is -1.01. The molecule has 0 saturated heterocycles. The summed E-state index contributed by atoms with van der Waals surface area (Å²) in [6.07, 6.45) is 2.01. The lowest BCUT2D eigenvalue weighted by atomic mass is 10.1. The summed E-state index contributed by atoms with van der Waals surface area (Å²) in [6.45, 7) is 0. The molecule has 0 radical (unpaired) electrons. The van der Waals surface area contributed by atoms with Crippen molar-refractivity contribution < 1.29 is 14.6 Å². The number of carboxylic acids is 1. The van der Waals surface area contributed by atoms with E-state index in [9.17, 15) is 4.79 Å². The standard InChI is InChI=1S/C14H13IN2O3/c15-10-3-6-13(17-8-10)20-11-4-1-9(2-5-11)7-12(16)14(18)19/h1-6,8,12H,7,16H2,(H,18,19). The Kier molecular flexibility index (Phi) is 4.91. The minimum Gasteiger partial charge on any atom is -0.480 e. The van der Waals surface area contributed by atoms with Crippen molar-refractivity contribution >= 4 is 28.6 Å². The number of aromatic nitrogens is 1. The van der Waals surface area contributed by atoms with Gasteiger partial charge in [0, 0.05) is 15.8 Å². The molecule has 5 nitrogen and oxygen atoms in total. The van der Waals surface area contributed by atoms with Crippen LogP contribution in [0.3, 0.4) is 0 Å². The number of halogens is 1. The van der Waals surface area contributed by atoms with E-state index in [4.69, 9.17) is 15.6 Å². The zero-order chi connectivity index (χ0) is 14.5. The van der Waals surface area contributed by atoms with Crippen LogP contribution in [0.4, 0.5) is 0 Å². The fraction of sp³-hybridized carbons (Fsp3) is 0.143. The van der Waals surface area contributed by atoms with Crippen LogP contribution in [0.15, 0.2) is 42.6 Å². The molecule has 0 aliphatic heterocycles. The van der Waals surface area contributed by atoms with Crippen LogP contribution in [0.25, 0.3) is 0 Å². The molecule has 1 aromatic heterocycles. The molecule has 0 fully saturated rings. The molecule has 0 aliphatic carbocycles. The maximum absolute atomic E-state index is 10.7. The van der Waals surface area contributed by atoms with Gasteiger partial charge in [-0.1, -0.05) is 12.1 Å². The molecular formula is C14H13IN2O3. The Morgan fingerprint density at radius 3 is 2.55 bits per heavy atom. The second kappa shape index (κ2) is 6.67. The molecule has 0 amide bonds. The van der Waals surface area contributed by atoms with Gasteiger partial charge in [-0.25, -0.2) is 4.98 Å². The maximum Gasteiger partial charge on any atom is 0.320 e. The number of benzene rings is 1. The lowest BCUT2D eigenvalue weighted by molar-refractivity contribution is -0.138. The first kappa shape index (κ1) is 14.7. The first-order valence-corrected chi connectivity index (χ1v) is 6.99. The molecule has 1 aromatic carbocycles. The summed E-state index contributed by atoms with van der Waals surface area (Å²) < 4.78 is 6.61. The Balaban J connectivity index is 2.01. The van der Waals surface area contributed by atoms with Crippen molar-refractivity contribution in [3.8, 4) is 11.6 Å². The molecule has 6 heteroatoms. The van der Waals surface area contributed by atoms with E-state index >= 15 is 0 Å². The van der Waals surface area contributed by atoms with Crippen LogP contribution in [-0.2, 0) is 11.2 Å². The number of rotatable bonds is 5. The number of ether oxygens (including phenoxy) is 1. The van der Waals surface area contributed by atoms with Crippen LogP contribution in [0.2, 0.25) is 0 Å². The van der Waals surface area contributed by atoms with E-state index in [-0.39, 0.29) is 6.42 Å². The van der Waals surface area contributed by atoms with E-state index in [1.165, 1.54) is 0 Å². The Morgan fingerprint density at radius 2 is 2.00 bits per heavy atom. The number of carboxylic acid groups (broad SMARTS) is 1. The summed E-state index contributed by atoms with van der Waals surface area (Å²) >= 11 is 2.17. The summed E-state index contributed by atoms with van der Waals surface area (Å²) in [5, 5.41) is 8.76. The lowest BCUT2D eigenvalue weighted by Crippen LogP contribution is -2.32. The van der Waals surface area contributed by atoms with E-state index in [0.717, 1.165) is 9.13 Å². The Morgan fingerprint density at radius 1 is 1.30 bits per heavy atom. The van der Waals surface area contributed by atoms with Gasteiger partial charge < -0.3 is 15.6 Å². The molecule has 20 heavy (non-hydrogen) atoms. The molecule has 104 valence electrons. The van der Waals surface area contributed by atoms with E-state index in [0.29, 0.717) is 11.6 Å². The molecular weight excluding hydrogens is 371 g/mol. The highest BCUT2D eigenvalue weighted by atomic mass is 127. The number of aliphatic carboxylic acids is 1.